The van der Waals surface area contributed by atoms with Crippen LogP contribution in [0, 0.1) is 13.8 Å². The summed E-state index contributed by atoms with van der Waals surface area (Å²) >= 11 is 3.09. The molecule has 1 atom stereocenters. The van der Waals surface area contributed by atoms with Crippen LogP contribution in [0.25, 0.3) is 10.2 Å². The summed E-state index contributed by atoms with van der Waals surface area (Å²) in [7, 11) is 0. The lowest BCUT2D eigenvalue weighted by atomic mass is 10.2. The van der Waals surface area contributed by atoms with Crippen molar-refractivity contribution in [1.82, 2.24) is 15.3 Å². The van der Waals surface area contributed by atoms with E-state index in [1.165, 1.54) is 22.2 Å². The van der Waals surface area contributed by atoms with Crippen molar-refractivity contribution in [2.24, 2.45) is 0 Å². The van der Waals surface area contributed by atoms with Crippen molar-refractivity contribution in [2.45, 2.75) is 25.0 Å². The second kappa shape index (κ2) is 7.74. The van der Waals surface area contributed by atoms with Crippen molar-refractivity contribution < 1.29 is 14.3 Å². The highest BCUT2D eigenvalue weighted by Gasteiger charge is 2.21. The first-order valence-electron chi connectivity index (χ1n) is 8.60. The van der Waals surface area contributed by atoms with E-state index in [9.17, 15) is 4.79 Å². The lowest BCUT2D eigenvalue weighted by Crippen LogP contribution is -2.41. The lowest BCUT2D eigenvalue weighted by Gasteiger charge is -2.26. The number of nitrogens with one attached hydrogen (secondary N) is 1. The van der Waals surface area contributed by atoms with Crippen molar-refractivity contribution in [3.05, 3.63) is 41.0 Å². The van der Waals surface area contributed by atoms with Gasteiger partial charge in [-0.05, 0) is 31.5 Å². The Bertz CT molecular complexity index is 989. The molecule has 0 saturated carbocycles. The Hall–Kier alpha value is -2.32. The first-order chi connectivity index (χ1) is 13.1. The molecule has 1 N–H and O–H groups in total. The number of hydrogen-bond acceptors (Lipinski definition) is 7. The molecular weight excluding hydrogens is 382 g/mol. The van der Waals surface area contributed by atoms with Gasteiger partial charge in [0, 0.05) is 10.3 Å². The molecule has 0 fully saturated rings. The van der Waals surface area contributed by atoms with E-state index < -0.39 is 0 Å². The van der Waals surface area contributed by atoms with Gasteiger partial charge in [-0.15, -0.1) is 11.3 Å². The van der Waals surface area contributed by atoms with Crippen LogP contribution >= 0.6 is 23.1 Å². The summed E-state index contributed by atoms with van der Waals surface area (Å²) in [6.45, 7) is 4.97. The Labute approximate surface area is 165 Å². The number of thioether (sulfide) groups is 1. The Morgan fingerprint density at radius 1 is 1.30 bits per heavy atom. The second-order valence-corrected chi connectivity index (χ2v) is 8.40. The third-order valence-electron chi connectivity index (χ3n) is 4.36. The number of carbonyl (C=O) groups is 1. The maximum atomic E-state index is 12.3. The molecule has 2 aromatic heterocycles. The van der Waals surface area contributed by atoms with Crippen LogP contribution in [0.2, 0.25) is 0 Å². The Morgan fingerprint density at radius 2 is 2.11 bits per heavy atom. The van der Waals surface area contributed by atoms with Crippen molar-refractivity contribution in [1.29, 1.82) is 0 Å². The van der Waals surface area contributed by atoms with E-state index in [4.69, 9.17) is 9.47 Å². The number of aryl methyl sites for hydroxylation is 2. The van der Waals surface area contributed by atoms with Gasteiger partial charge in [0.1, 0.15) is 28.9 Å². The first-order valence-corrected chi connectivity index (χ1v) is 10.4. The zero-order chi connectivity index (χ0) is 18.8. The number of nitrogens with zero attached hydrogens (tertiary/aromatic N) is 2. The van der Waals surface area contributed by atoms with Gasteiger partial charge in [0.2, 0.25) is 5.91 Å². The average Bonchev–Trinajstić information content (AvgIpc) is 2.99. The number of para-hydroxylation sites is 2. The minimum atomic E-state index is -0.193. The molecule has 3 heterocycles. The van der Waals surface area contributed by atoms with E-state index in [0.717, 1.165) is 21.0 Å². The lowest BCUT2D eigenvalue weighted by molar-refractivity contribution is -0.119. The van der Waals surface area contributed by atoms with Crippen molar-refractivity contribution >= 4 is 39.2 Å². The van der Waals surface area contributed by atoms with E-state index in [0.29, 0.717) is 24.7 Å². The van der Waals surface area contributed by atoms with Crippen LogP contribution in [0.3, 0.4) is 0 Å². The smallest absolute Gasteiger partial charge is 0.230 e. The number of fused-ring (bicyclic) bond motifs is 2. The second-order valence-electron chi connectivity index (χ2n) is 6.23. The Morgan fingerprint density at radius 3 is 2.96 bits per heavy atom. The van der Waals surface area contributed by atoms with Crippen molar-refractivity contribution in [3.63, 3.8) is 0 Å². The van der Waals surface area contributed by atoms with Gasteiger partial charge in [-0.1, -0.05) is 23.9 Å². The van der Waals surface area contributed by atoms with Gasteiger partial charge in [0.05, 0.1) is 12.3 Å². The molecule has 27 heavy (non-hydrogen) atoms. The fourth-order valence-corrected chi connectivity index (χ4v) is 4.78. The zero-order valence-electron chi connectivity index (χ0n) is 15.0. The predicted molar refractivity (Wildman–Crippen MR) is 107 cm³/mol. The van der Waals surface area contributed by atoms with Crippen LogP contribution in [-0.4, -0.2) is 40.9 Å². The van der Waals surface area contributed by atoms with E-state index in [1.807, 2.05) is 24.3 Å². The molecule has 140 valence electrons. The molecule has 1 aliphatic rings. The molecule has 1 aromatic carbocycles. The molecule has 0 radical (unpaired) electrons. The molecule has 4 rings (SSSR count). The summed E-state index contributed by atoms with van der Waals surface area (Å²) in [5.41, 5.74) is 1.19. The largest absolute Gasteiger partial charge is 0.486 e. The van der Waals surface area contributed by atoms with E-state index >= 15 is 0 Å². The number of amides is 1. The van der Waals surface area contributed by atoms with Crippen LogP contribution in [-0.2, 0) is 4.79 Å². The standard InChI is InChI=1S/C19H19N3O3S2/c1-11-12(2)27-19-17(11)18(21-10-22-19)26-9-16(23)20-7-13-8-24-14-5-3-4-6-15(14)25-13/h3-6,10,13H,7-9H2,1-2H3,(H,20,23)/t13-/m0/s1. The molecule has 3 aromatic rings. The third-order valence-corrected chi connectivity index (χ3v) is 6.47. The van der Waals surface area contributed by atoms with Gasteiger partial charge in [-0.2, -0.15) is 0 Å². The number of ether oxygens (including phenoxy) is 2. The fourth-order valence-electron chi connectivity index (χ4n) is 2.84. The van der Waals surface area contributed by atoms with Gasteiger partial charge in [0.15, 0.2) is 11.5 Å². The molecule has 8 heteroatoms. The average molecular weight is 402 g/mol. The minimum absolute atomic E-state index is 0.0566. The maximum absolute atomic E-state index is 12.3. The topological polar surface area (TPSA) is 73.3 Å². The van der Waals surface area contributed by atoms with Crippen molar-refractivity contribution in [2.75, 3.05) is 18.9 Å². The van der Waals surface area contributed by atoms with Gasteiger partial charge < -0.3 is 14.8 Å². The molecule has 1 amide bonds. The summed E-state index contributed by atoms with van der Waals surface area (Å²) in [5, 5.41) is 4.82. The van der Waals surface area contributed by atoms with E-state index in [2.05, 4.69) is 29.1 Å². The quantitative estimate of drug-likeness (QED) is 0.522. The number of rotatable bonds is 5. The third kappa shape index (κ3) is 3.86. The highest BCUT2D eigenvalue weighted by atomic mass is 32.2. The number of carbonyl (C=O) groups excluding carboxylic acids is 1. The van der Waals surface area contributed by atoms with Crippen LogP contribution in [0.5, 0.6) is 11.5 Å². The summed E-state index contributed by atoms with van der Waals surface area (Å²) in [4.78, 5) is 23.1. The number of thiophene rings is 1. The summed E-state index contributed by atoms with van der Waals surface area (Å²) in [6, 6.07) is 7.54. The van der Waals surface area contributed by atoms with Gasteiger partial charge in [-0.25, -0.2) is 9.97 Å². The summed E-state index contributed by atoms with van der Waals surface area (Å²) in [5.74, 6) is 1.69. The Balaban J connectivity index is 1.32. The zero-order valence-corrected chi connectivity index (χ0v) is 16.7. The van der Waals surface area contributed by atoms with E-state index in [1.54, 1.807) is 17.7 Å². The highest BCUT2D eigenvalue weighted by molar-refractivity contribution is 8.00. The van der Waals surface area contributed by atoms with Crippen LogP contribution < -0.4 is 14.8 Å². The normalized spacial score (nSPS) is 15.7. The summed E-state index contributed by atoms with van der Waals surface area (Å²) < 4.78 is 11.5. The molecular formula is C19H19N3O3S2. The number of benzene rings is 1. The molecule has 1 aliphatic heterocycles. The SMILES string of the molecule is Cc1sc2ncnc(SCC(=O)NC[C@H]3COc4ccccc4O3)c2c1C. The predicted octanol–water partition coefficient (Wildman–Crippen LogP) is 3.36. The Kier molecular flexibility index (Phi) is 5.18. The van der Waals surface area contributed by atoms with Crippen LogP contribution in [0.15, 0.2) is 35.6 Å². The van der Waals surface area contributed by atoms with Gasteiger partial charge >= 0.3 is 0 Å². The molecule has 6 nitrogen and oxygen atoms in total. The van der Waals surface area contributed by atoms with Gasteiger partial charge in [0.25, 0.3) is 0 Å². The van der Waals surface area contributed by atoms with Crippen molar-refractivity contribution in [3.8, 4) is 11.5 Å². The highest BCUT2D eigenvalue weighted by Crippen LogP contribution is 2.34. The number of aromatic nitrogens is 2. The van der Waals surface area contributed by atoms with E-state index in [-0.39, 0.29) is 12.0 Å². The molecule has 0 spiro atoms. The van der Waals surface area contributed by atoms with Crippen LogP contribution in [0.1, 0.15) is 10.4 Å². The fraction of sp³-hybridized carbons (Fsp3) is 0.316. The summed E-state index contributed by atoms with van der Waals surface area (Å²) in [6.07, 6.45) is 1.36. The molecule has 0 saturated heterocycles. The molecule has 0 aliphatic carbocycles. The van der Waals surface area contributed by atoms with Gasteiger partial charge in [-0.3, -0.25) is 4.79 Å². The monoisotopic (exact) mass is 401 g/mol. The molecule has 0 unspecified atom stereocenters. The maximum Gasteiger partial charge on any atom is 0.230 e. The minimum Gasteiger partial charge on any atom is -0.486 e. The first kappa shape index (κ1) is 18.1. The van der Waals surface area contributed by atoms with Crippen LogP contribution in [0.4, 0.5) is 0 Å². The number of hydrogen-bond donors (Lipinski definition) is 1. The molecule has 0 bridgehead atoms.